The fourth-order valence-corrected chi connectivity index (χ4v) is 3.63. The zero-order valence-electron chi connectivity index (χ0n) is 19.7. The molecule has 2 rings (SSSR count). The van der Waals surface area contributed by atoms with E-state index in [1.54, 1.807) is 7.11 Å². The number of amides is 2. The maximum Gasteiger partial charge on any atom is 0.243 e. The lowest BCUT2D eigenvalue weighted by atomic mass is 10.0. The highest BCUT2D eigenvalue weighted by molar-refractivity contribution is 7.88. The summed E-state index contributed by atoms with van der Waals surface area (Å²) in [5, 5.41) is 2.85. The van der Waals surface area contributed by atoms with E-state index in [4.69, 9.17) is 4.74 Å². The first-order valence-corrected chi connectivity index (χ1v) is 12.7. The van der Waals surface area contributed by atoms with Gasteiger partial charge < -0.3 is 15.0 Å². The summed E-state index contributed by atoms with van der Waals surface area (Å²) in [5.41, 5.74) is 1.45. The summed E-state index contributed by atoms with van der Waals surface area (Å²) < 4.78 is 43.2. The topological polar surface area (TPSA) is 96.0 Å². The fourth-order valence-electron chi connectivity index (χ4n) is 3.28. The summed E-state index contributed by atoms with van der Waals surface area (Å²) in [6.45, 7) is 0.419. The molecular formula is C24H32FN3O5S. The van der Waals surface area contributed by atoms with E-state index in [0.717, 1.165) is 16.1 Å². The number of methoxy groups -OCH3 is 1. The van der Waals surface area contributed by atoms with Crippen molar-refractivity contribution in [3.8, 4) is 0 Å². The van der Waals surface area contributed by atoms with Gasteiger partial charge in [0.15, 0.2) is 0 Å². The molecule has 2 aromatic carbocycles. The van der Waals surface area contributed by atoms with Crippen LogP contribution in [0.5, 0.6) is 0 Å². The number of carbonyl (C=O) groups excluding carboxylic acids is 2. The van der Waals surface area contributed by atoms with Gasteiger partial charge in [-0.05, 0) is 29.7 Å². The van der Waals surface area contributed by atoms with E-state index in [-0.39, 0.29) is 18.9 Å². The first kappa shape index (κ1) is 27.4. The van der Waals surface area contributed by atoms with Crippen LogP contribution in [0.1, 0.15) is 17.5 Å². The second-order valence-corrected chi connectivity index (χ2v) is 10.1. The molecular weight excluding hydrogens is 461 g/mol. The average Bonchev–Trinajstić information content (AvgIpc) is 2.80. The SMILES string of the molecule is COCCCNC(=O)[C@@H](Cc1ccccc1)N(Cc1ccc(F)cc1)C(=O)CN(C)S(C)(=O)=O. The van der Waals surface area contributed by atoms with Crippen molar-refractivity contribution in [1.82, 2.24) is 14.5 Å². The molecule has 0 saturated heterocycles. The molecule has 0 fully saturated rings. The number of benzene rings is 2. The van der Waals surface area contributed by atoms with Crippen LogP contribution in [0.15, 0.2) is 54.6 Å². The first-order chi connectivity index (χ1) is 16.1. The van der Waals surface area contributed by atoms with Gasteiger partial charge in [-0.25, -0.2) is 12.8 Å². The molecule has 34 heavy (non-hydrogen) atoms. The number of likely N-dealkylation sites (N-methyl/N-ethyl adjacent to an activating group) is 1. The van der Waals surface area contributed by atoms with Crippen molar-refractivity contribution in [3.63, 3.8) is 0 Å². The first-order valence-electron chi connectivity index (χ1n) is 10.9. The van der Waals surface area contributed by atoms with Crippen molar-refractivity contribution in [2.45, 2.75) is 25.4 Å². The van der Waals surface area contributed by atoms with Gasteiger partial charge in [0.25, 0.3) is 0 Å². The van der Waals surface area contributed by atoms with E-state index in [1.807, 2.05) is 30.3 Å². The van der Waals surface area contributed by atoms with Crippen molar-refractivity contribution < 1.29 is 27.1 Å². The van der Waals surface area contributed by atoms with Gasteiger partial charge in [-0.3, -0.25) is 9.59 Å². The van der Waals surface area contributed by atoms with Crippen molar-refractivity contribution in [3.05, 3.63) is 71.5 Å². The van der Waals surface area contributed by atoms with Gasteiger partial charge >= 0.3 is 0 Å². The number of rotatable bonds is 13. The lowest BCUT2D eigenvalue weighted by molar-refractivity contribution is -0.141. The maximum absolute atomic E-state index is 13.4. The van der Waals surface area contributed by atoms with Crippen molar-refractivity contribution in [1.29, 1.82) is 0 Å². The third kappa shape index (κ3) is 8.85. The lowest BCUT2D eigenvalue weighted by Crippen LogP contribution is -2.53. The fraction of sp³-hybridized carbons (Fsp3) is 0.417. The highest BCUT2D eigenvalue weighted by atomic mass is 32.2. The maximum atomic E-state index is 13.4. The van der Waals surface area contributed by atoms with Gasteiger partial charge in [0, 0.05) is 40.3 Å². The Morgan fingerprint density at radius 1 is 1.06 bits per heavy atom. The molecule has 10 heteroatoms. The van der Waals surface area contributed by atoms with E-state index in [0.29, 0.717) is 25.1 Å². The Bertz CT molecular complexity index is 1030. The molecule has 2 aromatic rings. The Labute approximate surface area is 200 Å². The van der Waals surface area contributed by atoms with Crippen LogP contribution in [0.3, 0.4) is 0 Å². The Hall–Kier alpha value is -2.82. The van der Waals surface area contributed by atoms with Crippen LogP contribution in [-0.4, -0.2) is 75.6 Å². The highest BCUT2D eigenvalue weighted by Crippen LogP contribution is 2.16. The molecule has 0 heterocycles. The monoisotopic (exact) mass is 493 g/mol. The third-order valence-corrected chi connectivity index (χ3v) is 6.55. The Kier molecular flexibility index (Phi) is 10.6. The number of hydrogen-bond donors (Lipinski definition) is 1. The standard InChI is InChI=1S/C24H32FN3O5S/c1-27(34(3,31)32)18-23(29)28(17-20-10-12-21(25)13-11-20)22(16-19-8-5-4-6-9-19)24(30)26-14-7-15-33-2/h4-6,8-13,22H,7,14-18H2,1-3H3,(H,26,30)/t22-/m1/s1. The summed E-state index contributed by atoms with van der Waals surface area (Å²) in [6.07, 6.45) is 1.84. The van der Waals surface area contributed by atoms with Gasteiger partial charge in [-0.2, -0.15) is 4.31 Å². The van der Waals surface area contributed by atoms with Crippen LogP contribution in [0.4, 0.5) is 4.39 Å². The second-order valence-electron chi connectivity index (χ2n) is 8.01. The van der Waals surface area contributed by atoms with Crippen molar-refractivity contribution in [2.75, 3.05) is 40.1 Å². The van der Waals surface area contributed by atoms with Crippen molar-refractivity contribution in [2.24, 2.45) is 0 Å². The zero-order chi connectivity index (χ0) is 25.1. The molecule has 8 nitrogen and oxygen atoms in total. The van der Waals surface area contributed by atoms with Crippen LogP contribution in [-0.2, 0) is 37.3 Å². The second kappa shape index (κ2) is 13.2. The number of nitrogens with one attached hydrogen (secondary N) is 1. The van der Waals surface area contributed by atoms with Gasteiger partial charge in [-0.1, -0.05) is 42.5 Å². The molecule has 1 atom stereocenters. The molecule has 0 radical (unpaired) electrons. The van der Waals surface area contributed by atoms with E-state index in [9.17, 15) is 22.4 Å². The number of sulfonamides is 1. The minimum Gasteiger partial charge on any atom is -0.385 e. The molecule has 0 aliphatic carbocycles. The highest BCUT2D eigenvalue weighted by Gasteiger charge is 2.31. The molecule has 0 aromatic heterocycles. The molecule has 0 unspecified atom stereocenters. The number of carbonyl (C=O) groups is 2. The molecule has 2 amide bonds. The summed E-state index contributed by atoms with van der Waals surface area (Å²) >= 11 is 0. The quantitative estimate of drug-likeness (QED) is 0.430. The molecule has 0 spiro atoms. The van der Waals surface area contributed by atoms with E-state index >= 15 is 0 Å². The Morgan fingerprint density at radius 3 is 2.29 bits per heavy atom. The van der Waals surface area contributed by atoms with E-state index in [1.165, 1.54) is 36.2 Å². The molecule has 0 aliphatic rings. The lowest BCUT2D eigenvalue weighted by Gasteiger charge is -2.32. The summed E-state index contributed by atoms with van der Waals surface area (Å²) in [5.74, 6) is -1.32. The Morgan fingerprint density at radius 2 is 1.71 bits per heavy atom. The Balaban J connectivity index is 2.38. The average molecular weight is 494 g/mol. The number of nitrogens with zero attached hydrogens (tertiary/aromatic N) is 2. The van der Waals surface area contributed by atoms with Crippen LogP contribution in [0, 0.1) is 5.82 Å². The molecule has 186 valence electrons. The van der Waals surface area contributed by atoms with Crippen LogP contribution in [0.2, 0.25) is 0 Å². The smallest absolute Gasteiger partial charge is 0.243 e. The van der Waals surface area contributed by atoms with Crippen molar-refractivity contribution >= 4 is 21.8 Å². The normalized spacial score (nSPS) is 12.4. The number of ether oxygens (including phenoxy) is 1. The zero-order valence-corrected chi connectivity index (χ0v) is 20.6. The van der Waals surface area contributed by atoms with Gasteiger partial charge in [0.05, 0.1) is 12.8 Å². The van der Waals surface area contributed by atoms with E-state index in [2.05, 4.69) is 5.32 Å². The third-order valence-electron chi connectivity index (χ3n) is 5.29. The minimum atomic E-state index is -3.61. The van der Waals surface area contributed by atoms with E-state index < -0.39 is 34.3 Å². The molecule has 0 aliphatic heterocycles. The van der Waals surface area contributed by atoms with Crippen LogP contribution >= 0.6 is 0 Å². The summed E-state index contributed by atoms with van der Waals surface area (Å²) in [7, 11) is -0.737. The van der Waals surface area contributed by atoms with Gasteiger partial charge in [-0.15, -0.1) is 0 Å². The van der Waals surface area contributed by atoms with Gasteiger partial charge in [0.1, 0.15) is 11.9 Å². The summed E-state index contributed by atoms with van der Waals surface area (Å²) in [6, 6.07) is 14.0. The predicted molar refractivity (Wildman–Crippen MR) is 128 cm³/mol. The van der Waals surface area contributed by atoms with Crippen LogP contribution in [0.25, 0.3) is 0 Å². The minimum absolute atomic E-state index is 0.0136. The molecule has 1 N–H and O–H groups in total. The number of halogens is 1. The summed E-state index contributed by atoms with van der Waals surface area (Å²) in [4.78, 5) is 27.9. The molecule has 0 bridgehead atoms. The predicted octanol–water partition coefficient (Wildman–Crippen LogP) is 1.81. The largest absolute Gasteiger partial charge is 0.385 e. The van der Waals surface area contributed by atoms with Crippen LogP contribution < -0.4 is 5.32 Å². The number of hydrogen-bond acceptors (Lipinski definition) is 5. The van der Waals surface area contributed by atoms with Gasteiger partial charge in [0.2, 0.25) is 21.8 Å². The molecule has 0 saturated carbocycles.